The minimum atomic E-state index is 0.509. The molecule has 0 spiro atoms. The van der Waals surface area contributed by atoms with E-state index < -0.39 is 0 Å². The first-order valence-corrected chi connectivity index (χ1v) is 10.3. The van der Waals surface area contributed by atoms with Crippen LogP contribution < -0.4 is 0 Å². The van der Waals surface area contributed by atoms with Crippen molar-refractivity contribution in [1.82, 2.24) is 0 Å². The van der Waals surface area contributed by atoms with Crippen LogP contribution in [0.1, 0.15) is 92.9 Å². The van der Waals surface area contributed by atoms with Gasteiger partial charge in [-0.05, 0) is 65.6 Å². The van der Waals surface area contributed by atoms with E-state index in [1.165, 1.54) is 51.4 Å². The Morgan fingerprint density at radius 2 is 1.27 bits per heavy atom. The molecule has 0 radical (unpaired) electrons. The Bertz CT molecular complexity index is 385. The molecule has 0 nitrogen and oxygen atoms in total. The molecule has 3 saturated carbocycles. The number of rotatable bonds is 1. The second kappa shape index (κ2) is 5.82. The molecule has 0 N–H and O–H groups in total. The molecule has 6 atom stereocenters. The first-order chi connectivity index (χ1) is 10.3. The minimum Gasteiger partial charge on any atom is -0.0622 e. The first kappa shape index (κ1) is 16.8. The van der Waals surface area contributed by atoms with E-state index in [2.05, 4.69) is 41.5 Å². The molecule has 0 aromatic heterocycles. The fourth-order valence-electron chi connectivity index (χ4n) is 7.83. The maximum absolute atomic E-state index is 2.74. The van der Waals surface area contributed by atoms with Gasteiger partial charge in [-0.15, -0.1) is 0 Å². The summed E-state index contributed by atoms with van der Waals surface area (Å²) in [4.78, 5) is 0. The van der Waals surface area contributed by atoms with Gasteiger partial charge in [-0.1, -0.05) is 73.6 Å². The van der Waals surface area contributed by atoms with Crippen LogP contribution >= 0.6 is 0 Å². The van der Waals surface area contributed by atoms with Gasteiger partial charge in [0.25, 0.3) is 0 Å². The first-order valence-electron chi connectivity index (χ1n) is 10.3. The average molecular weight is 305 g/mol. The van der Waals surface area contributed by atoms with Crippen LogP contribution in [0.3, 0.4) is 0 Å². The van der Waals surface area contributed by atoms with Crippen LogP contribution in [0.2, 0.25) is 0 Å². The summed E-state index contributed by atoms with van der Waals surface area (Å²) in [5.74, 6) is 5.78. The molecule has 0 aromatic rings. The van der Waals surface area contributed by atoms with E-state index >= 15 is 0 Å². The van der Waals surface area contributed by atoms with Crippen LogP contribution in [0.5, 0.6) is 0 Å². The molecular weight excluding hydrogens is 264 g/mol. The van der Waals surface area contributed by atoms with Gasteiger partial charge in [-0.2, -0.15) is 0 Å². The number of hydrogen-bond acceptors (Lipinski definition) is 0. The van der Waals surface area contributed by atoms with Gasteiger partial charge in [0.1, 0.15) is 0 Å². The Morgan fingerprint density at radius 3 is 1.91 bits per heavy atom. The lowest BCUT2D eigenvalue weighted by atomic mass is 9.39. The monoisotopic (exact) mass is 304 g/mol. The fourth-order valence-corrected chi connectivity index (χ4v) is 7.83. The smallest absolute Gasteiger partial charge is 0.0210 e. The SMILES string of the molecule is CC1CC(C)(C)C(C)(C2C(C)CCCC2C)C2CCCCC12. The van der Waals surface area contributed by atoms with E-state index in [-0.39, 0.29) is 0 Å². The van der Waals surface area contributed by atoms with E-state index in [9.17, 15) is 0 Å². The van der Waals surface area contributed by atoms with Gasteiger partial charge < -0.3 is 0 Å². The summed E-state index contributed by atoms with van der Waals surface area (Å²) in [5.41, 5.74) is 1.07. The normalized spacial score (nSPS) is 52.1. The van der Waals surface area contributed by atoms with Crippen molar-refractivity contribution >= 4 is 0 Å². The van der Waals surface area contributed by atoms with Crippen LogP contribution in [-0.4, -0.2) is 0 Å². The van der Waals surface area contributed by atoms with Crippen molar-refractivity contribution < 1.29 is 0 Å². The van der Waals surface area contributed by atoms with Gasteiger partial charge in [-0.25, -0.2) is 0 Å². The highest BCUT2D eigenvalue weighted by atomic mass is 14.6. The summed E-state index contributed by atoms with van der Waals surface area (Å²) >= 11 is 0. The molecule has 3 aliphatic carbocycles. The van der Waals surface area contributed by atoms with Crippen LogP contribution in [0.15, 0.2) is 0 Å². The largest absolute Gasteiger partial charge is 0.0622 e. The fraction of sp³-hybridized carbons (Fsp3) is 1.00. The predicted molar refractivity (Wildman–Crippen MR) is 96.8 cm³/mol. The van der Waals surface area contributed by atoms with Gasteiger partial charge in [0, 0.05) is 0 Å². The Kier molecular flexibility index (Phi) is 4.45. The number of fused-ring (bicyclic) bond motifs is 1. The molecule has 6 unspecified atom stereocenters. The molecule has 3 aliphatic rings. The minimum absolute atomic E-state index is 0.509. The highest BCUT2D eigenvalue weighted by Gasteiger charge is 2.60. The molecular formula is C22H40. The zero-order valence-corrected chi connectivity index (χ0v) is 16.1. The molecule has 0 saturated heterocycles. The molecule has 0 aromatic carbocycles. The van der Waals surface area contributed by atoms with Gasteiger partial charge in [0.05, 0.1) is 0 Å². The topological polar surface area (TPSA) is 0 Å². The van der Waals surface area contributed by atoms with E-state index in [1.807, 2.05) is 0 Å². The van der Waals surface area contributed by atoms with Crippen molar-refractivity contribution in [1.29, 1.82) is 0 Å². The van der Waals surface area contributed by atoms with Crippen molar-refractivity contribution in [2.75, 3.05) is 0 Å². The van der Waals surface area contributed by atoms with E-state index in [0.717, 1.165) is 35.5 Å². The predicted octanol–water partition coefficient (Wildman–Crippen LogP) is 6.94. The molecule has 0 heteroatoms. The van der Waals surface area contributed by atoms with Crippen LogP contribution in [0.4, 0.5) is 0 Å². The zero-order chi connectivity index (χ0) is 16.1. The summed E-state index contributed by atoms with van der Waals surface area (Å²) in [6.45, 7) is 15.7. The zero-order valence-electron chi connectivity index (χ0n) is 16.1. The summed E-state index contributed by atoms with van der Waals surface area (Å²) in [5, 5.41) is 0. The second-order valence-electron chi connectivity index (χ2n) is 10.3. The summed E-state index contributed by atoms with van der Waals surface area (Å²) in [7, 11) is 0. The van der Waals surface area contributed by atoms with Crippen molar-refractivity contribution in [3.05, 3.63) is 0 Å². The third-order valence-corrected chi connectivity index (χ3v) is 8.85. The lowest BCUT2D eigenvalue weighted by molar-refractivity contribution is -0.169. The lowest BCUT2D eigenvalue weighted by Crippen LogP contribution is -2.59. The molecule has 0 amide bonds. The standard InChI is InChI=1S/C22H40/c1-15-10-9-11-16(2)20(15)22(6)19-13-8-7-12-18(19)17(3)14-21(22,4)5/h15-20H,7-14H2,1-6H3. The summed E-state index contributed by atoms with van der Waals surface area (Å²) in [6.07, 6.45) is 11.9. The van der Waals surface area contributed by atoms with Crippen molar-refractivity contribution in [3.63, 3.8) is 0 Å². The quantitative estimate of drug-likeness (QED) is 0.492. The molecule has 0 heterocycles. The molecule has 128 valence electrons. The maximum Gasteiger partial charge on any atom is -0.0210 e. The van der Waals surface area contributed by atoms with Crippen molar-refractivity contribution in [2.24, 2.45) is 46.3 Å². The molecule has 0 aliphatic heterocycles. The summed E-state index contributed by atoms with van der Waals surface area (Å²) in [6, 6.07) is 0. The Balaban J connectivity index is 2.02. The molecule has 0 bridgehead atoms. The molecule has 3 fully saturated rings. The van der Waals surface area contributed by atoms with Crippen molar-refractivity contribution in [3.8, 4) is 0 Å². The third kappa shape index (κ3) is 2.39. The summed E-state index contributed by atoms with van der Waals surface area (Å²) < 4.78 is 0. The average Bonchev–Trinajstić information content (AvgIpc) is 2.45. The Hall–Kier alpha value is 0. The molecule has 3 rings (SSSR count). The van der Waals surface area contributed by atoms with Crippen LogP contribution in [-0.2, 0) is 0 Å². The van der Waals surface area contributed by atoms with Gasteiger partial charge >= 0.3 is 0 Å². The Morgan fingerprint density at radius 1 is 0.682 bits per heavy atom. The van der Waals surface area contributed by atoms with Crippen molar-refractivity contribution in [2.45, 2.75) is 92.9 Å². The lowest BCUT2D eigenvalue weighted by Gasteiger charge is -2.65. The molecule has 22 heavy (non-hydrogen) atoms. The highest BCUT2D eigenvalue weighted by molar-refractivity contribution is 5.08. The Labute approximate surface area is 139 Å². The van der Waals surface area contributed by atoms with E-state index in [0.29, 0.717) is 10.8 Å². The number of hydrogen-bond donors (Lipinski definition) is 0. The van der Waals surface area contributed by atoms with Gasteiger partial charge in [-0.3, -0.25) is 0 Å². The van der Waals surface area contributed by atoms with Crippen LogP contribution in [0.25, 0.3) is 0 Å². The van der Waals surface area contributed by atoms with Crippen LogP contribution in [0, 0.1) is 46.3 Å². The highest BCUT2D eigenvalue weighted by Crippen LogP contribution is 2.67. The third-order valence-electron chi connectivity index (χ3n) is 8.85. The van der Waals surface area contributed by atoms with Gasteiger partial charge in [0.2, 0.25) is 0 Å². The second-order valence-corrected chi connectivity index (χ2v) is 10.3. The van der Waals surface area contributed by atoms with E-state index in [1.54, 1.807) is 0 Å². The maximum atomic E-state index is 2.74. The van der Waals surface area contributed by atoms with E-state index in [4.69, 9.17) is 0 Å². The van der Waals surface area contributed by atoms with Gasteiger partial charge in [0.15, 0.2) is 0 Å².